The molecule has 0 radical (unpaired) electrons. The van der Waals surface area contributed by atoms with Crippen molar-refractivity contribution in [2.24, 2.45) is 0 Å². The molecule has 0 aliphatic carbocycles. The number of piperazine rings is 1. The Morgan fingerprint density at radius 3 is 2.74 bits per heavy atom. The Morgan fingerprint density at radius 1 is 1.26 bits per heavy atom. The molecule has 0 saturated carbocycles. The summed E-state index contributed by atoms with van der Waals surface area (Å²) in [6.07, 6.45) is 6.03. The maximum Gasteiger partial charge on any atom is 0.222 e. The van der Waals surface area contributed by atoms with Gasteiger partial charge in [0, 0.05) is 57.6 Å². The summed E-state index contributed by atoms with van der Waals surface area (Å²) in [6, 6.07) is 0.618. The second kappa shape index (κ2) is 8.48. The number of rotatable bonds is 6. The highest BCUT2D eigenvalue weighted by Gasteiger charge is 2.31. The number of carbonyl (C=O) groups excluding carboxylic acids is 2. The number of likely N-dealkylation sites (tertiary alicyclic amines) is 1. The van der Waals surface area contributed by atoms with Crippen molar-refractivity contribution in [2.45, 2.75) is 58.0 Å². The standard InChI is InChI=1S/C18H31N3O2/c1-4-10-20-13-16(3)21(14-15(20)2)18(23)9-7-12-19-11-6-5-8-17(19)22/h4,15-16H,1,5-14H2,2-3H3/t15-,16-/m1/s1. The molecule has 23 heavy (non-hydrogen) atoms. The fraction of sp³-hybridized carbons (Fsp3) is 0.778. The van der Waals surface area contributed by atoms with Crippen molar-refractivity contribution in [2.75, 3.05) is 32.7 Å². The smallest absolute Gasteiger partial charge is 0.222 e. The molecule has 130 valence electrons. The van der Waals surface area contributed by atoms with Crippen molar-refractivity contribution in [3.05, 3.63) is 12.7 Å². The molecule has 2 aliphatic heterocycles. The highest BCUT2D eigenvalue weighted by Crippen LogP contribution is 2.17. The van der Waals surface area contributed by atoms with Gasteiger partial charge < -0.3 is 9.80 Å². The SMILES string of the molecule is C=CCN1C[C@@H](C)N(C(=O)CCCN2CCCCC2=O)C[C@H]1C. The van der Waals surface area contributed by atoms with Crippen LogP contribution in [0.4, 0.5) is 0 Å². The zero-order valence-corrected chi connectivity index (χ0v) is 14.7. The van der Waals surface area contributed by atoms with E-state index in [1.807, 2.05) is 15.9 Å². The molecule has 5 heteroatoms. The average Bonchev–Trinajstić information content (AvgIpc) is 2.52. The van der Waals surface area contributed by atoms with Gasteiger partial charge in [-0.15, -0.1) is 6.58 Å². The van der Waals surface area contributed by atoms with E-state index in [4.69, 9.17) is 0 Å². The molecular weight excluding hydrogens is 290 g/mol. The monoisotopic (exact) mass is 321 g/mol. The molecule has 0 N–H and O–H groups in total. The van der Waals surface area contributed by atoms with Gasteiger partial charge in [0.1, 0.15) is 0 Å². The van der Waals surface area contributed by atoms with Crippen LogP contribution in [-0.2, 0) is 9.59 Å². The lowest BCUT2D eigenvalue weighted by Gasteiger charge is -2.44. The number of hydrogen-bond donors (Lipinski definition) is 0. The topological polar surface area (TPSA) is 43.9 Å². The molecule has 2 rings (SSSR count). The van der Waals surface area contributed by atoms with Gasteiger partial charge >= 0.3 is 0 Å². The van der Waals surface area contributed by atoms with Crippen LogP contribution in [0.15, 0.2) is 12.7 Å². The number of nitrogens with zero attached hydrogens (tertiary/aromatic N) is 3. The minimum absolute atomic E-state index is 0.229. The van der Waals surface area contributed by atoms with Gasteiger partial charge in [0.2, 0.25) is 11.8 Å². The minimum atomic E-state index is 0.229. The molecule has 0 bridgehead atoms. The quantitative estimate of drug-likeness (QED) is 0.702. The molecule has 2 fully saturated rings. The Kier molecular flexibility index (Phi) is 6.63. The van der Waals surface area contributed by atoms with Crippen LogP contribution in [0.25, 0.3) is 0 Å². The maximum atomic E-state index is 12.5. The maximum absolute atomic E-state index is 12.5. The van der Waals surface area contributed by atoms with Crippen LogP contribution in [0.2, 0.25) is 0 Å². The lowest BCUT2D eigenvalue weighted by atomic mass is 10.1. The molecule has 2 heterocycles. The second-order valence-electron chi connectivity index (χ2n) is 6.93. The Bertz CT molecular complexity index is 438. The van der Waals surface area contributed by atoms with Crippen molar-refractivity contribution >= 4 is 11.8 Å². The first kappa shape index (κ1) is 18.0. The van der Waals surface area contributed by atoms with E-state index in [9.17, 15) is 9.59 Å². The van der Waals surface area contributed by atoms with E-state index in [1.54, 1.807) is 0 Å². The van der Waals surface area contributed by atoms with Gasteiger partial charge in [-0.25, -0.2) is 0 Å². The first-order chi connectivity index (χ1) is 11.0. The summed E-state index contributed by atoms with van der Waals surface area (Å²) in [4.78, 5) is 30.6. The van der Waals surface area contributed by atoms with E-state index >= 15 is 0 Å². The van der Waals surface area contributed by atoms with Gasteiger partial charge in [0.25, 0.3) is 0 Å². The third kappa shape index (κ3) is 4.80. The average molecular weight is 321 g/mol. The van der Waals surface area contributed by atoms with Crippen molar-refractivity contribution in [1.82, 2.24) is 14.7 Å². The molecule has 5 nitrogen and oxygen atoms in total. The third-order valence-corrected chi connectivity index (χ3v) is 5.04. The van der Waals surface area contributed by atoms with E-state index in [0.29, 0.717) is 18.9 Å². The van der Waals surface area contributed by atoms with Crippen molar-refractivity contribution in [3.8, 4) is 0 Å². The molecule has 0 aromatic heterocycles. The zero-order valence-electron chi connectivity index (χ0n) is 14.7. The van der Waals surface area contributed by atoms with Gasteiger partial charge in [0.15, 0.2) is 0 Å². The predicted octanol–water partition coefficient (Wildman–Crippen LogP) is 1.89. The Morgan fingerprint density at radius 2 is 2.04 bits per heavy atom. The number of piperidine rings is 1. The summed E-state index contributed by atoms with van der Waals surface area (Å²) in [5, 5.41) is 0. The largest absolute Gasteiger partial charge is 0.343 e. The summed E-state index contributed by atoms with van der Waals surface area (Å²) >= 11 is 0. The van der Waals surface area contributed by atoms with Gasteiger partial charge in [-0.05, 0) is 33.1 Å². The van der Waals surface area contributed by atoms with Gasteiger partial charge in [-0.3, -0.25) is 14.5 Å². The highest BCUT2D eigenvalue weighted by atomic mass is 16.2. The Hall–Kier alpha value is -1.36. The molecule has 2 amide bonds. The molecule has 0 unspecified atom stereocenters. The van der Waals surface area contributed by atoms with Crippen LogP contribution >= 0.6 is 0 Å². The van der Waals surface area contributed by atoms with Crippen molar-refractivity contribution in [3.63, 3.8) is 0 Å². The Balaban J connectivity index is 1.76. The number of hydrogen-bond acceptors (Lipinski definition) is 3. The van der Waals surface area contributed by atoms with Crippen LogP contribution < -0.4 is 0 Å². The summed E-state index contributed by atoms with van der Waals surface area (Å²) < 4.78 is 0. The Labute approximate surface area is 140 Å². The van der Waals surface area contributed by atoms with Gasteiger partial charge in [-0.1, -0.05) is 6.08 Å². The third-order valence-electron chi connectivity index (χ3n) is 5.04. The predicted molar refractivity (Wildman–Crippen MR) is 92.1 cm³/mol. The van der Waals surface area contributed by atoms with Gasteiger partial charge in [-0.2, -0.15) is 0 Å². The number of carbonyl (C=O) groups is 2. The minimum Gasteiger partial charge on any atom is -0.343 e. The molecule has 0 aromatic rings. The van der Waals surface area contributed by atoms with Crippen LogP contribution in [-0.4, -0.2) is 71.3 Å². The van der Waals surface area contributed by atoms with E-state index in [2.05, 4.69) is 25.3 Å². The number of amides is 2. The second-order valence-corrected chi connectivity index (χ2v) is 6.93. The van der Waals surface area contributed by atoms with Crippen molar-refractivity contribution in [1.29, 1.82) is 0 Å². The summed E-state index contributed by atoms with van der Waals surface area (Å²) in [5.41, 5.74) is 0. The molecule has 2 atom stereocenters. The van der Waals surface area contributed by atoms with Crippen molar-refractivity contribution < 1.29 is 9.59 Å². The van der Waals surface area contributed by atoms with E-state index in [0.717, 1.165) is 52.0 Å². The van der Waals surface area contributed by atoms with E-state index in [-0.39, 0.29) is 17.9 Å². The zero-order chi connectivity index (χ0) is 16.8. The highest BCUT2D eigenvalue weighted by molar-refractivity contribution is 5.78. The lowest BCUT2D eigenvalue weighted by Crippen LogP contribution is -2.57. The summed E-state index contributed by atoms with van der Waals surface area (Å²) in [6.45, 7) is 12.3. The summed E-state index contributed by atoms with van der Waals surface area (Å²) in [5.74, 6) is 0.482. The molecule has 2 saturated heterocycles. The van der Waals surface area contributed by atoms with Crippen LogP contribution in [0.3, 0.4) is 0 Å². The van der Waals surface area contributed by atoms with E-state index < -0.39 is 0 Å². The van der Waals surface area contributed by atoms with Crippen LogP contribution in [0.1, 0.15) is 46.0 Å². The first-order valence-corrected chi connectivity index (χ1v) is 8.95. The first-order valence-electron chi connectivity index (χ1n) is 8.95. The fourth-order valence-corrected chi connectivity index (χ4v) is 3.63. The fourth-order valence-electron chi connectivity index (χ4n) is 3.63. The molecule has 0 spiro atoms. The normalized spacial score (nSPS) is 26.4. The van der Waals surface area contributed by atoms with Crippen LogP contribution in [0, 0.1) is 0 Å². The van der Waals surface area contributed by atoms with Gasteiger partial charge in [0.05, 0.1) is 0 Å². The summed E-state index contributed by atoms with van der Waals surface area (Å²) in [7, 11) is 0. The lowest BCUT2D eigenvalue weighted by molar-refractivity contribution is -0.138. The molecular formula is C18H31N3O2. The molecule has 2 aliphatic rings. The van der Waals surface area contributed by atoms with Crippen LogP contribution in [0.5, 0.6) is 0 Å². The van der Waals surface area contributed by atoms with E-state index in [1.165, 1.54) is 0 Å². The molecule has 0 aromatic carbocycles.